The Morgan fingerprint density at radius 3 is 2.54 bits per heavy atom. The van der Waals surface area contributed by atoms with Crippen LogP contribution in [0.4, 0.5) is 13.2 Å². The highest BCUT2D eigenvalue weighted by Crippen LogP contribution is 2.32. The Labute approximate surface area is 164 Å². The van der Waals surface area contributed by atoms with E-state index in [-0.39, 0.29) is 18.2 Å². The van der Waals surface area contributed by atoms with Crippen molar-refractivity contribution in [2.45, 2.75) is 31.5 Å². The SMILES string of the molecule is CN(C)C(=O)C1CCCN1C(=O)Cc1csc(-c2ccc(C(F)(F)F)cc2)n1. The minimum Gasteiger partial charge on any atom is -0.347 e. The normalized spacial score (nSPS) is 17.0. The molecule has 5 nitrogen and oxygen atoms in total. The summed E-state index contributed by atoms with van der Waals surface area (Å²) < 4.78 is 38.0. The van der Waals surface area contributed by atoms with Gasteiger partial charge in [-0.15, -0.1) is 11.3 Å². The average molecular weight is 411 g/mol. The van der Waals surface area contributed by atoms with Crippen LogP contribution in [0.5, 0.6) is 0 Å². The predicted octanol–water partition coefficient (Wildman–Crippen LogP) is 3.45. The first-order valence-electron chi connectivity index (χ1n) is 8.79. The number of rotatable bonds is 4. The summed E-state index contributed by atoms with van der Waals surface area (Å²) in [5.74, 6) is -0.253. The van der Waals surface area contributed by atoms with Crippen molar-refractivity contribution >= 4 is 23.2 Å². The fourth-order valence-electron chi connectivity index (χ4n) is 3.20. The Hall–Kier alpha value is -2.42. The van der Waals surface area contributed by atoms with Crippen molar-refractivity contribution in [3.05, 3.63) is 40.9 Å². The van der Waals surface area contributed by atoms with Crippen molar-refractivity contribution in [2.75, 3.05) is 20.6 Å². The highest BCUT2D eigenvalue weighted by molar-refractivity contribution is 7.13. The quantitative estimate of drug-likeness (QED) is 0.775. The molecule has 1 aromatic carbocycles. The van der Waals surface area contributed by atoms with Crippen LogP contribution in [-0.4, -0.2) is 53.3 Å². The van der Waals surface area contributed by atoms with Gasteiger partial charge in [-0.25, -0.2) is 4.98 Å². The Morgan fingerprint density at radius 1 is 1.25 bits per heavy atom. The van der Waals surface area contributed by atoms with Gasteiger partial charge in [-0.3, -0.25) is 9.59 Å². The number of likely N-dealkylation sites (tertiary alicyclic amines) is 1. The molecule has 2 heterocycles. The second-order valence-electron chi connectivity index (χ2n) is 6.87. The number of alkyl halides is 3. The summed E-state index contributed by atoms with van der Waals surface area (Å²) in [4.78, 5) is 32.4. The number of benzene rings is 1. The second kappa shape index (κ2) is 7.90. The Morgan fingerprint density at radius 2 is 1.93 bits per heavy atom. The van der Waals surface area contributed by atoms with Crippen LogP contribution in [0.25, 0.3) is 10.6 Å². The van der Waals surface area contributed by atoms with E-state index in [0.717, 1.165) is 18.6 Å². The van der Waals surface area contributed by atoms with E-state index in [9.17, 15) is 22.8 Å². The molecule has 28 heavy (non-hydrogen) atoms. The molecular weight excluding hydrogens is 391 g/mol. The minimum absolute atomic E-state index is 0.0638. The van der Waals surface area contributed by atoms with E-state index in [1.807, 2.05) is 0 Å². The summed E-state index contributed by atoms with van der Waals surface area (Å²) in [5, 5.41) is 2.28. The third kappa shape index (κ3) is 4.35. The lowest BCUT2D eigenvalue weighted by Crippen LogP contribution is -2.46. The molecule has 1 aliphatic heterocycles. The van der Waals surface area contributed by atoms with Crippen molar-refractivity contribution in [1.29, 1.82) is 0 Å². The standard InChI is InChI=1S/C19H20F3N3O2S/c1-24(2)18(27)15-4-3-9-25(15)16(26)10-14-11-28-17(23-14)12-5-7-13(8-6-12)19(20,21)22/h5-8,11,15H,3-4,9-10H2,1-2H3. The first kappa shape index (κ1) is 20.3. The van der Waals surface area contributed by atoms with E-state index in [4.69, 9.17) is 0 Å². The number of halogens is 3. The van der Waals surface area contributed by atoms with Gasteiger partial charge in [0.05, 0.1) is 17.7 Å². The zero-order chi connectivity index (χ0) is 20.5. The Bertz CT molecular complexity index is 862. The van der Waals surface area contributed by atoms with Crippen LogP contribution in [0.1, 0.15) is 24.1 Å². The summed E-state index contributed by atoms with van der Waals surface area (Å²) >= 11 is 1.27. The van der Waals surface area contributed by atoms with Gasteiger partial charge in [0.2, 0.25) is 11.8 Å². The fourth-order valence-corrected chi connectivity index (χ4v) is 4.02. The number of hydrogen-bond acceptors (Lipinski definition) is 4. The van der Waals surface area contributed by atoms with Crippen LogP contribution in [0, 0.1) is 0 Å². The van der Waals surface area contributed by atoms with Crippen molar-refractivity contribution < 1.29 is 22.8 Å². The van der Waals surface area contributed by atoms with Gasteiger partial charge in [-0.05, 0) is 25.0 Å². The number of amides is 2. The molecular formula is C19H20F3N3O2S. The molecule has 0 bridgehead atoms. The van der Waals surface area contributed by atoms with Crippen molar-refractivity contribution in [3.8, 4) is 10.6 Å². The van der Waals surface area contributed by atoms with Gasteiger partial charge in [0.25, 0.3) is 0 Å². The number of likely N-dealkylation sites (N-methyl/N-ethyl adjacent to an activating group) is 1. The maximum absolute atomic E-state index is 12.7. The van der Waals surface area contributed by atoms with Crippen LogP contribution < -0.4 is 0 Å². The maximum atomic E-state index is 12.7. The molecule has 1 unspecified atom stereocenters. The molecule has 1 saturated heterocycles. The van der Waals surface area contributed by atoms with Crippen molar-refractivity contribution in [3.63, 3.8) is 0 Å². The highest BCUT2D eigenvalue weighted by atomic mass is 32.1. The minimum atomic E-state index is -4.38. The molecule has 1 fully saturated rings. The molecule has 1 aromatic heterocycles. The van der Waals surface area contributed by atoms with Gasteiger partial charge in [0, 0.05) is 31.6 Å². The smallest absolute Gasteiger partial charge is 0.347 e. The third-order valence-electron chi connectivity index (χ3n) is 4.64. The summed E-state index contributed by atoms with van der Waals surface area (Å²) in [7, 11) is 3.33. The first-order valence-corrected chi connectivity index (χ1v) is 9.67. The molecule has 0 spiro atoms. The first-order chi connectivity index (χ1) is 13.2. The molecule has 0 radical (unpaired) electrons. The summed E-state index contributed by atoms with van der Waals surface area (Å²) in [6, 6.07) is 4.35. The molecule has 1 atom stereocenters. The van der Waals surface area contributed by atoms with Crippen LogP contribution in [0.15, 0.2) is 29.6 Å². The number of carbonyl (C=O) groups excluding carboxylic acids is 2. The van der Waals surface area contributed by atoms with Gasteiger partial charge < -0.3 is 9.80 Å². The second-order valence-corrected chi connectivity index (χ2v) is 7.73. The van der Waals surface area contributed by atoms with Gasteiger partial charge in [-0.1, -0.05) is 12.1 Å². The molecule has 0 N–H and O–H groups in total. The third-order valence-corrected chi connectivity index (χ3v) is 5.58. The van der Waals surface area contributed by atoms with E-state index in [2.05, 4.69) is 4.98 Å². The maximum Gasteiger partial charge on any atom is 0.416 e. The number of nitrogens with zero attached hydrogens (tertiary/aromatic N) is 3. The molecule has 3 rings (SSSR count). The predicted molar refractivity (Wildman–Crippen MR) is 99.7 cm³/mol. The Balaban J connectivity index is 1.69. The number of aromatic nitrogens is 1. The molecule has 2 aromatic rings. The number of carbonyl (C=O) groups is 2. The van der Waals surface area contributed by atoms with E-state index in [1.54, 1.807) is 24.4 Å². The lowest BCUT2D eigenvalue weighted by Gasteiger charge is -2.26. The summed E-state index contributed by atoms with van der Waals surface area (Å²) in [5.41, 5.74) is 0.403. The fraction of sp³-hybridized carbons (Fsp3) is 0.421. The van der Waals surface area contributed by atoms with Crippen LogP contribution >= 0.6 is 11.3 Å². The Kier molecular flexibility index (Phi) is 5.74. The molecule has 1 aliphatic rings. The van der Waals surface area contributed by atoms with Crippen LogP contribution in [-0.2, 0) is 22.2 Å². The largest absolute Gasteiger partial charge is 0.416 e. The monoisotopic (exact) mass is 411 g/mol. The van der Waals surface area contributed by atoms with Gasteiger partial charge in [0.15, 0.2) is 0 Å². The van der Waals surface area contributed by atoms with Crippen molar-refractivity contribution in [2.24, 2.45) is 0 Å². The van der Waals surface area contributed by atoms with Crippen molar-refractivity contribution in [1.82, 2.24) is 14.8 Å². The molecule has 0 aliphatic carbocycles. The topological polar surface area (TPSA) is 53.5 Å². The lowest BCUT2D eigenvalue weighted by molar-refractivity contribution is -0.141. The molecule has 9 heteroatoms. The lowest BCUT2D eigenvalue weighted by atomic mass is 10.1. The zero-order valence-electron chi connectivity index (χ0n) is 15.5. The average Bonchev–Trinajstić information content (AvgIpc) is 3.29. The number of hydrogen-bond donors (Lipinski definition) is 0. The molecule has 0 saturated carbocycles. The van der Waals surface area contributed by atoms with E-state index in [1.165, 1.54) is 28.4 Å². The summed E-state index contributed by atoms with van der Waals surface area (Å²) in [6.45, 7) is 0.541. The van der Waals surface area contributed by atoms with Gasteiger partial charge in [-0.2, -0.15) is 13.2 Å². The zero-order valence-corrected chi connectivity index (χ0v) is 16.3. The van der Waals surface area contributed by atoms with Gasteiger partial charge in [0.1, 0.15) is 11.0 Å². The highest BCUT2D eigenvalue weighted by Gasteiger charge is 2.35. The van der Waals surface area contributed by atoms with Crippen LogP contribution in [0.3, 0.4) is 0 Å². The van der Waals surface area contributed by atoms with E-state index < -0.39 is 17.8 Å². The van der Waals surface area contributed by atoms with E-state index >= 15 is 0 Å². The van der Waals surface area contributed by atoms with Crippen LogP contribution in [0.2, 0.25) is 0 Å². The summed E-state index contributed by atoms with van der Waals surface area (Å²) in [6.07, 6.45) is -2.88. The number of thiazole rings is 1. The van der Waals surface area contributed by atoms with E-state index in [0.29, 0.717) is 29.2 Å². The molecule has 2 amide bonds. The van der Waals surface area contributed by atoms with Gasteiger partial charge >= 0.3 is 6.18 Å². The molecule has 150 valence electrons.